The SMILES string of the molecule is O=C(c1sccc1-n1cnnn1)N1C2CCNCC1CC2. The number of thiophene rings is 1. The van der Waals surface area contributed by atoms with Crippen LogP contribution in [-0.2, 0) is 0 Å². The molecule has 2 aromatic rings. The predicted molar refractivity (Wildman–Crippen MR) is 77.5 cm³/mol. The molecule has 2 atom stereocenters. The molecule has 2 unspecified atom stereocenters. The summed E-state index contributed by atoms with van der Waals surface area (Å²) in [6, 6.07) is 2.57. The maximum Gasteiger partial charge on any atom is 0.266 e. The molecule has 2 fully saturated rings. The van der Waals surface area contributed by atoms with Gasteiger partial charge in [0.1, 0.15) is 11.2 Å². The lowest BCUT2D eigenvalue weighted by molar-refractivity contribution is 0.0685. The Hall–Kier alpha value is -1.80. The van der Waals surface area contributed by atoms with E-state index < -0.39 is 0 Å². The van der Waals surface area contributed by atoms with Gasteiger partial charge in [0, 0.05) is 18.6 Å². The van der Waals surface area contributed by atoms with E-state index in [1.54, 1.807) is 4.68 Å². The van der Waals surface area contributed by atoms with Crippen molar-refractivity contribution in [3.05, 3.63) is 22.7 Å². The van der Waals surface area contributed by atoms with Gasteiger partial charge in [-0.25, -0.2) is 0 Å². The van der Waals surface area contributed by atoms with Crippen molar-refractivity contribution >= 4 is 17.2 Å². The highest BCUT2D eigenvalue weighted by atomic mass is 32.1. The van der Waals surface area contributed by atoms with Crippen molar-refractivity contribution in [2.75, 3.05) is 13.1 Å². The molecule has 8 heteroatoms. The number of amides is 1. The summed E-state index contributed by atoms with van der Waals surface area (Å²) < 4.78 is 1.56. The highest BCUT2D eigenvalue weighted by Crippen LogP contribution is 2.32. The summed E-state index contributed by atoms with van der Waals surface area (Å²) in [7, 11) is 0. The van der Waals surface area contributed by atoms with Gasteiger partial charge in [-0.1, -0.05) is 0 Å². The Labute approximate surface area is 125 Å². The van der Waals surface area contributed by atoms with Gasteiger partial charge in [0.15, 0.2) is 0 Å². The lowest BCUT2D eigenvalue weighted by Crippen LogP contribution is -2.42. The quantitative estimate of drug-likeness (QED) is 0.883. The molecule has 2 saturated heterocycles. The minimum Gasteiger partial charge on any atom is -0.331 e. The molecule has 7 nitrogen and oxygen atoms in total. The van der Waals surface area contributed by atoms with Crippen LogP contribution in [0.5, 0.6) is 0 Å². The van der Waals surface area contributed by atoms with E-state index in [1.165, 1.54) is 17.7 Å². The molecule has 2 aromatic heterocycles. The first-order valence-electron chi connectivity index (χ1n) is 7.19. The number of tetrazole rings is 1. The molecule has 0 aliphatic carbocycles. The van der Waals surface area contributed by atoms with Gasteiger partial charge in [-0.05, 0) is 47.7 Å². The summed E-state index contributed by atoms with van der Waals surface area (Å²) in [4.78, 5) is 15.8. The molecule has 2 aliphatic rings. The fraction of sp³-hybridized carbons (Fsp3) is 0.538. The number of aromatic nitrogens is 4. The fourth-order valence-electron chi connectivity index (χ4n) is 3.35. The Morgan fingerprint density at radius 2 is 2.24 bits per heavy atom. The zero-order chi connectivity index (χ0) is 14.2. The van der Waals surface area contributed by atoms with E-state index in [0.717, 1.165) is 42.9 Å². The van der Waals surface area contributed by atoms with Gasteiger partial charge in [-0.15, -0.1) is 16.4 Å². The number of rotatable bonds is 2. The van der Waals surface area contributed by atoms with E-state index >= 15 is 0 Å². The number of hydrogen-bond acceptors (Lipinski definition) is 6. The van der Waals surface area contributed by atoms with Crippen molar-refractivity contribution in [2.24, 2.45) is 0 Å². The highest BCUT2D eigenvalue weighted by Gasteiger charge is 2.39. The first-order valence-corrected chi connectivity index (χ1v) is 8.07. The molecule has 0 spiro atoms. The third-order valence-electron chi connectivity index (χ3n) is 4.32. The first-order chi connectivity index (χ1) is 10.3. The number of nitrogens with one attached hydrogen (secondary N) is 1. The number of carbonyl (C=O) groups is 1. The van der Waals surface area contributed by atoms with E-state index in [2.05, 4.69) is 25.7 Å². The minimum atomic E-state index is 0.117. The minimum absolute atomic E-state index is 0.117. The number of hydrogen-bond donors (Lipinski definition) is 1. The van der Waals surface area contributed by atoms with Gasteiger partial charge >= 0.3 is 0 Å². The van der Waals surface area contributed by atoms with Crippen LogP contribution in [-0.4, -0.2) is 56.2 Å². The van der Waals surface area contributed by atoms with E-state index in [1.807, 2.05) is 11.4 Å². The van der Waals surface area contributed by atoms with Gasteiger partial charge in [-0.2, -0.15) is 4.68 Å². The van der Waals surface area contributed by atoms with Crippen LogP contribution in [0.25, 0.3) is 5.69 Å². The van der Waals surface area contributed by atoms with E-state index in [-0.39, 0.29) is 5.91 Å². The molecule has 1 amide bonds. The Morgan fingerprint density at radius 3 is 3.10 bits per heavy atom. The monoisotopic (exact) mass is 304 g/mol. The topological polar surface area (TPSA) is 75.9 Å². The molecule has 4 heterocycles. The Balaban J connectivity index is 1.68. The van der Waals surface area contributed by atoms with Gasteiger partial charge < -0.3 is 10.2 Å². The van der Waals surface area contributed by atoms with Crippen LogP contribution in [0.3, 0.4) is 0 Å². The maximum atomic E-state index is 13.0. The molecular formula is C13H16N6OS. The van der Waals surface area contributed by atoms with Gasteiger partial charge in [0.25, 0.3) is 5.91 Å². The summed E-state index contributed by atoms with van der Waals surface area (Å²) in [6.45, 7) is 1.89. The van der Waals surface area contributed by atoms with Crippen molar-refractivity contribution in [2.45, 2.75) is 31.3 Å². The van der Waals surface area contributed by atoms with Crippen LogP contribution in [0.15, 0.2) is 17.8 Å². The number of fused-ring (bicyclic) bond motifs is 2. The molecule has 110 valence electrons. The first kappa shape index (κ1) is 12.9. The van der Waals surface area contributed by atoms with Crippen LogP contribution < -0.4 is 5.32 Å². The smallest absolute Gasteiger partial charge is 0.266 e. The molecule has 2 bridgehead atoms. The van der Waals surface area contributed by atoms with Crippen molar-refractivity contribution in [1.29, 1.82) is 0 Å². The average molecular weight is 304 g/mol. The summed E-state index contributed by atoms with van der Waals surface area (Å²) in [5, 5.41) is 16.5. The second-order valence-corrected chi connectivity index (χ2v) is 6.40. The molecule has 0 aromatic carbocycles. The fourth-order valence-corrected chi connectivity index (χ4v) is 4.17. The summed E-state index contributed by atoms with van der Waals surface area (Å²) in [5.41, 5.74) is 0.770. The zero-order valence-electron chi connectivity index (χ0n) is 11.5. The van der Waals surface area contributed by atoms with E-state index in [0.29, 0.717) is 12.1 Å². The summed E-state index contributed by atoms with van der Waals surface area (Å²) >= 11 is 1.46. The third kappa shape index (κ3) is 2.14. The van der Waals surface area contributed by atoms with Crippen molar-refractivity contribution in [3.63, 3.8) is 0 Å². The van der Waals surface area contributed by atoms with Crippen molar-refractivity contribution in [1.82, 2.24) is 30.4 Å². The van der Waals surface area contributed by atoms with Crippen molar-refractivity contribution < 1.29 is 4.79 Å². The van der Waals surface area contributed by atoms with Gasteiger partial charge in [0.2, 0.25) is 0 Å². The molecule has 1 N–H and O–H groups in total. The van der Waals surface area contributed by atoms with E-state index in [9.17, 15) is 4.79 Å². The Morgan fingerprint density at radius 1 is 1.33 bits per heavy atom. The second kappa shape index (κ2) is 5.19. The summed E-state index contributed by atoms with van der Waals surface area (Å²) in [5.74, 6) is 0.117. The molecule has 4 rings (SSSR count). The molecule has 0 radical (unpaired) electrons. The summed E-state index contributed by atoms with van der Waals surface area (Å²) in [6.07, 6.45) is 4.77. The standard InChI is InChI=1S/C13H16N6OS/c20-13(19-9-1-2-10(19)7-14-5-3-9)12-11(4-6-21-12)18-8-15-16-17-18/h4,6,8-10,14H,1-3,5,7H2. The van der Waals surface area contributed by atoms with Crippen LogP contribution in [0.4, 0.5) is 0 Å². The van der Waals surface area contributed by atoms with Crippen molar-refractivity contribution in [3.8, 4) is 5.69 Å². The average Bonchev–Trinajstić information content (AvgIpc) is 3.15. The van der Waals surface area contributed by atoms with Crippen LogP contribution in [0.2, 0.25) is 0 Å². The Bertz CT molecular complexity index is 625. The normalized spacial score (nSPS) is 25.0. The van der Waals surface area contributed by atoms with Crippen LogP contribution in [0.1, 0.15) is 28.9 Å². The van der Waals surface area contributed by atoms with Crippen LogP contribution in [0, 0.1) is 0 Å². The molecule has 2 aliphatic heterocycles. The number of carbonyl (C=O) groups excluding carboxylic acids is 1. The van der Waals surface area contributed by atoms with Gasteiger partial charge in [-0.3, -0.25) is 4.79 Å². The molecule has 0 saturated carbocycles. The maximum absolute atomic E-state index is 13.0. The molecular weight excluding hydrogens is 288 g/mol. The lowest BCUT2D eigenvalue weighted by atomic mass is 10.1. The third-order valence-corrected chi connectivity index (χ3v) is 5.21. The number of nitrogens with zero attached hydrogens (tertiary/aromatic N) is 5. The van der Waals surface area contributed by atoms with E-state index in [4.69, 9.17) is 0 Å². The Kier molecular flexibility index (Phi) is 3.19. The van der Waals surface area contributed by atoms with Crippen LogP contribution >= 0.6 is 11.3 Å². The molecule has 21 heavy (non-hydrogen) atoms. The highest BCUT2D eigenvalue weighted by molar-refractivity contribution is 7.12. The second-order valence-electron chi connectivity index (χ2n) is 5.48. The predicted octanol–water partition coefficient (Wildman–Crippen LogP) is 0.690. The van der Waals surface area contributed by atoms with Gasteiger partial charge in [0.05, 0.1) is 5.69 Å². The largest absolute Gasteiger partial charge is 0.331 e. The lowest BCUT2D eigenvalue weighted by Gasteiger charge is -2.27. The zero-order valence-corrected chi connectivity index (χ0v) is 12.3.